The molecule has 5 atom stereocenters. The summed E-state index contributed by atoms with van der Waals surface area (Å²) in [6, 6.07) is 5.56. The lowest BCUT2D eigenvalue weighted by Gasteiger charge is -2.38. The Morgan fingerprint density at radius 3 is 2.40 bits per heavy atom. The average Bonchev–Trinajstić information content (AvgIpc) is 3.33. The number of carbonyl (C=O) groups is 4. The van der Waals surface area contributed by atoms with Crippen LogP contribution in [-0.2, 0) is 14.4 Å². The summed E-state index contributed by atoms with van der Waals surface area (Å²) in [6.45, 7) is 16.1. The number of likely N-dealkylation sites (tertiary alicyclic amines) is 1. The van der Waals surface area contributed by atoms with Gasteiger partial charge in [0.2, 0.25) is 11.8 Å². The van der Waals surface area contributed by atoms with Crippen molar-refractivity contribution >= 4 is 34.4 Å². The lowest BCUT2D eigenvalue weighted by atomic mass is 9.82. The molecule has 5 rings (SSSR count). The number of H-pyrrole nitrogens is 1. The minimum Gasteiger partial charge on any atom is -0.351 e. The average molecular weight is 575 g/mol. The van der Waals surface area contributed by atoms with Gasteiger partial charge in [-0.15, -0.1) is 0 Å². The third kappa shape index (κ3) is 5.40. The molecular weight excluding hydrogens is 528 g/mol. The van der Waals surface area contributed by atoms with E-state index in [2.05, 4.69) is 36.0 Å². The smallest absolute Gasteiger partial charge is 0.268 e. The van der Waals surface area contributed by atoms with Crippen molar-refractivity contribution in [2.45, 2.75) is 91.8 Å². The lowest BCUT2D eigenvalue weighted by molar-refractivity contribution is -0.144. The van der Waals surface area contributed by atoms with Gasteiger partial charge in [0.05, 0.1) is 6.04 Å². The van der Waals surface area contributed by atoms with Gasteiger partial charge in [-0.25, -0.2) is 0 Å². The van der Waals surface area contributed by atoms with Crippen molar-refractivity contribution in [2.75, 3.05) is 6.54 Å². The lowest BCUT2D eigenvalue weighted by Crippen LogP contribution is -2.60. The first-order valence-electron chi connectivity index (χ1n) is 15.4. The molecule has 1 saturated heterocycles. The molecule has 226 valence electrons. The number of aryl methyl sites for hydroxylation is 1. The Labute approximate surface area is 249 Å². The second-order valence-electron chi connectivity index (χ2n) is 14.4. The van der Waals surface area contributed by atoms with Crippen LogP contribution in [-0.4, -0.2) is 58.1 Å². The maximum absolute atomic E-state index is 14.4. The van der Waals surface area contributed by atoms with E-state index in [1.807, 2.05) is 52.0 Å². The number of amides is 3. The van der Waals surface area contributed by atoms with Crippen LogP contribution in [0.3, 0.4) is 0 Å². The summed E-state index contributed by atoms with van der Waals surface area (Å²) in [5.74, 6) is -0.882. The number of fused-ring (bicyclic) bond motifs is 2. The van der Waals surface area contributed by atoms with Crippen molar-refractivity contribution < 1.29 is 19.2 Å². The van der Waals surface area contributed by atoms with Gasteiger partial charge in [-0.3, -0.25) is 19.2 Å². The van der Waals surface area contributed by atoms with Crippen molar-refractivity contribution in [2.24, 2.45) is 28.6 Å². The van der Waals surface area contributed by atoms with Gasteiger partial charge in [0.1, 0.15) is 17.8 Å². The van der Waals surface area contributed by atoms with E-state index >= 15 is 0 Å². The van der Waals surface area contributed by atoms with E-state index < -0.39 is 23.5 Å². The molecule has 2 heterocycles. The van der Waals surface area contributed by atoms with Crippen molar-refractivity contribution in [3.8, 4) is 0 Å². The molecule has 3 N–H and O–H groups in total. The number of nitrogens with one attached hydrogen (secondary N) is 3. The Kier molecular flexibility index (Phi) is 7.88. The Morgan fingerprint density at radius 1 is 1.10 bits per heavy atom. The van der Waals surface area contributed by atoms with E-state index in [9.17, 15) is 19.2 Å². The number of ketones is 1. The highest BCUT2D eigenvalue weighted by molar-refractivity contribution is 6.02. The maximum Gasteiger partial charge on any atom is 0.268 e. The molecule has 8 heteroatoms. The highest BCUT2D eigenvalue weighted by Gasteiger charge is 2.69. The molecule has 3 amide bonds. The van der Waals surface area contributed by atoms with Gasteiger partial charge >= 0.3 is 0 Å². The normalized spacial score (nSPS) is 24.9. The van der Waals surface area contributed by atoms with E-state index in [-0.39, 0.29) is 46.7 Å². The fourth-order valence-corrected chi connectivity index (χ4v) is 7.55. The number of aromatic amines is 1. The first kappa shape index (κ1) is 30.1. The highest BCUT2D eigenvalue weighted by Crippen LogP contribution is 2.65. The highest BCUT2D eigenvalue weighted by atomic mass is 16.2. The molecule has 2 aliphatic carbocycles. The molecule has 3 aliphatic rings. The number of piperidine rings is 1. The number of rotatable bonds is 8. The van der Waals surface area contributed by atoms with Crippen LogP contribution in [0.4, 0.5) is 0 Å². The molecule has 1 aromatic carbocycles. The zero-order valence-electron chi connectivity index (χ0n) is 25.9. The predicted octanol–water partition coefficient (Wildman–Crippen LogP) is 4.92. The van der Waals surface area contributed by atoms with E-state index in [4.69, 9.17) is 0 Å². The topological polar surface area (TPSA) is 111 Å². The first-order chi connectivity index (χ1) is 19.8. The summed E-state index contributed by atoms with van der Waals surface area (Å²) in [6.07, 6.45) is 6.09. The number of benzene rings is 1. The summed E-state index contributed by atoms with van der Waals surface area (Å²) in [4.78, 5) is 59.7. The first-order valence-corrected chi connectivity index (χ1v) is 15.4. The zero-order chi connectivity index (χ0) is 30.6. The largest absolute Gasteiger partial charge is 0.351 e. The second kappa shape index (κ2) is 11.0. The van der Waals surface area contributed by atoms with Crippen LogP contribution in [0.5, 0.6) is 0 Å². The van der Waals surface area contributed by atoms with Crippen LogP contribution in [0.15, 0.2) is 36.9 Å². The molecule has 8 nitrogen and oxygen atoms in total. The van der Waals surface area contributed by atoms with E-state index in [0.29, 0.717) is 12.2 Å². The number of nitrogens with zero attached hydrogens (tertiary/aromatic N) is 1. The van der Waals surface area contributed by atoms with Gasteiger partial charge in [0.15, 0.2) is 5.78 Å². The molecule has 0 radical (unpaired) electrons. The SMILES string of the molecule is C=CC(=O)[C@@H](NC(=O)[C@@H]1[C@@H]2[C@H](CN1C(=O)[C@@H](NC(=O)c1cc3c(C)cccc3[nH]1)C1CCCCC1)C2(C)C)C(C)(C)C. The molecule has 0 spiro atoms. The van der Waals surface area contributed by atoms with Crippen molar-refractivity contribution in [1.29, 1.82) is 0 Å². The molecule has 2 aromatic rings. The van der Waals surface area contributed by atoms with Gasteiger partial charge in [-0.05, 0) is 72.1 Å². The van der Waals surface area contributed by atoms with Crippen LogP contribution < -0.4 is 10.6 Å². The Hall–Kier alpha value is -3.42. The Bertz CT molecular complexity index is 1410. The third-order valence-electron chi connectivity index (χ3n) is 10.2. The molecule has 0 unspecified atom stereocenters. The van der Waals surface area contributed by atoms with Crippen LogP contribution in [0, 0.1) is 35.5 Å². The molecule has 42 heavy (non-hydrogen) atoms. The Morgan fingerprint density at radius 2 is 1.79 bits per heavy atom. The molecule has 1 aliphatic heterocycles. The summed E-state index contributed by atoms with van der Waals surface area (Å²) >= 11 is 0. The molecule has 0 bridgehead atoms. The van der Waals surface area contributed by atoms with Gasteiger partial charge in [0, 0.05) is 17.4 Å². The molecule has 1 aromatic heterocycles. The summed E-state index contributed by atoms with van der Waals surface area (Å²) < 4.78 is 0. The number of aromatic nitrogens is 1. The summed E-state index contributed by atoms with van der Waals surface area (Å²) in [7, 11) is 0. The number of hydrogen-bond acceptors (Lipinski definition) is 4. The van der Waals surface area contributed by atoms with Gasteiger partial charge in [0.25, 0.3) is 5.91 Å². The van der Waals surface area contributed by atoms with Crippen LogP contribution in [0.2, 0.25) is 0 Å². The second-order valence-corrected chi connectivity index (χ2v) is 14.4. The maximum atomic E-state index is 14.4. The number of hydrogen-bond donors (Lipinski definition) is 3. The molecular formula is C34H46N4O4. The van der Waals surface area contributed by atoms with Crippen molar-refractivity contribution in [3.05, 3.63) is 48.2 Å². The van der Waals surface area contributed by atoms with Crippen LogP contribution in [0.1, 0.15) is 82.8 Å². The summed E-state index contributed by atoms with van der Waals surface area (Å²) in [5, 5.41) is 7.07. The zero-order valence-corrected chi connectivity index (χ0v) is 25.9. The van der Waals surface area contributed by atoms with E-state index in [0.717, 1.165) is 48.6 Å². The van der Waals surface area contributed by atoms with E-state index in [1.54, 1.807) is 4.90 Å². The van der Waals surface area contributed by atoms with Gasteiger partial charge in [-0.2, -0.15) is 0 Å². The van der Waals surface area contributed by atoms with Crippen molar-refractivity contribution in [3.63, 3.8) is 0 Å². The molecule has 2 saturated carbocycles. The fourth-order valence-electron chi connectivity index (χ4n) is 7.55. The quantitative estimate of drug-likeness (QED) is 0.389. The fraction of sp³-hybridized carbons (Fsp3) is 0.588. The van der Waals surface area contributed by atoms with Gasteiger partial charge in [-0.1, -0.05) is 72.6 Å². The number of carbonyl (C=O) groups excluding carboxylic acids is 4. The van der Waals surface area contributed by atoms with Gasteiger partial charge < -0.3 is 20.5 Å². The van der Waals surface area contributed by atoms with Crippen LogP contribution in [0.25, 0.3) is 10.9 Å². The van der Waals surface area contributed by atoms with Crippen LogP contribution >= 0.6 is 0 Å². The monoisotopic (exact) mass is 574 g/mol. The third-order valence-corrected chi connectivity index (χ3v) is 10.2. The van der Waals surface area contributed by atoms with E-state index in [1.165, 1.54) is 6.08 Å². The molecule has 3 fully saturated rings. The summed E-state index contributed by atoms with van der Waals surface area (Å²) in [5.41, 5.74) is 1.76. The predicted molar refractivity (Wildman–Crippen MR) is 164 cm³/mol. The minimum atomic E-state index is -0.750. The Balaban J connectivity index is 1.43. The standard InChI is InChI=1S/C34H46N4O4/c1-8-25(39)29(33(3,4)5)37-31(41)28-26-22(34(26,6)7)18-38(28)32(42)27(20-14-10-9-11-15-20)36-30(40)24-17-21-19(2)13-12-16-23(21)35-24/h8,12-13,16-17,20,22,26-29,35H,1,9-11,14-15,18H2,2-7H3,(H,36,40)(H,37,41)/t22-,26-,27-,28-,29+/m0/s1. The van der Waals surface area contributed by atoms with Crippen molar-refractivity contribution in [1.82, 2.24) is 20.5 Å². The minimum absolute atomic E-state index is 0.000269.